The first-order chi connectivity index (χ1) is 16.6. The largest absolute Gasteiger partial charge is 0.411 e. The lowest BCUT2D eigenvalue weighted by Crippen LogP contribution is -2.67. The summed E-state index contributed by atoms with van der Waals surface area (Å²) < 4.78 is 14.3. The first-order valence-corrected chi connectivity index (χ1v) is 17.5. The molecule has 0 aliphatic heterocycles. The molecular weight excluding hydrogens is 463 g/mol. The average molecular weight is 508 g/mol. The van der Waals surface area contributed by atoms with Gasteiger partial charge in [0.25, 0.3) is 8.32 Å². The van der Waals surface area contributed by atoms with Crippen LogP contribution < -0.4 is 10.4 Å². The van der Waals surface area contributed by atoms with E-state index in [1.807, 2.05) is 13.0 Å². The van der Waals surface area contributed by atoms with Crippen LogP contribution in [0.5, 0.6) is 0 Å². The van der Waals surface area contributed by atoms with Crippen LogP contribution in [0, 0.1) is 23.2 Å². The van der Waals surface area contributed by atoms with Gasteiger partial charge < -0.3 is 8.85 Å². The number of rotatable bonds is 13. The number of benzene rings is 2. The molecule has 0 aliphatic rings. The molecule has 5 heteroatoms. The van der Waals surface area contributed by atoms with Crippen molar-refractivity contribution in [2.24, 2.45) is 11.8 Å². The molecule has 0 saturated carbocycles. The van der Waals surface area contributed by atoms with Crippen molar-refractivity contribution in [1.29, 1.82) is 5.26 Å². The van der Waals surface area contributed by atoms with Crippen LogP contribution in [0.2, 0.25) is 23.2 Å². The maximum absolute atomic E-state index is 9.79. The topological polar surface area (TPSA) is 42.2 Å². The summed E-state index contributed by atoms with van der Waals surface area (Å²) in [5.74, 6) is -0.285. The fraction of sp³-hybridized carbons (Fsp3) is 0.500. The molecule has 0 N–H and O–H groups in total. The molecule has 0 heterocycles. The Morgan fingerprint density at radius 1 is 0.914 bits per heavy atom. The van der Waals surface area contributed by atoms with Gasteiger partial charge in [-0.15, -0.1) is 6.58 Å². The molecule has 190 valence electrons. The molecule has 2 aromatic rings. The zero-order valence-corrected chi connectivity index (χ0v) is 24.9. The Kier molecular flexibility index (Phi) is 10.7. The third kappa shape index (κ3) is 6.43. The van der Waals surface area contributed by atoms with Crippen molar-refractivity contribution in [2.45, 2.75) is 77.7 Å². The summed E-state index contributed by atoms with van der Waals surface area (Å²) in [6.07, 6.45) is 1.71. The molecule has 0 spiro atoms. The number of hydrogen-bond donors (Lipinski definition) is 0. The predicted molar refractivity (Wildman–Crippen MR) is 154 cm³/mol. The van der Waals surface area contributed by atoms with Crippen molar-refractivity contribution in [3.63, 3.8) is 0 Å². The number of hydrogen-bond acceptors (Lipinski definition) is 3. The lowest BCUT2D eigenvalue weighted by molar-refractivity contribution is 0.0698. The van der Waals surface area contributed by atoms with Gasteiger partial charge in [0.15, 0.2) is 8.32 Å². The first kappa shape index (κ1) is 29.3. The standard InChI is InChI=1S/C30H45NO2Si2/c1-9-28(25(5)23-31)29(33-34(10-2,11-3)12-4)24-32-35(30(6,7)8,26-19-15-13-16-20-26)27-21-17-14-18-22-27/h9,13-22,25,28-29H,1,10-12,24H2,2-8H3/t25?,28-,29-/m0/s1. The van der Waals surface area contributed by atoms with E-state index < -0.39 is 16.6 Å². The first-order valence-electron chi connectivity index (χ1n) is 13.1. The van der Waals surface area contributed by atoms with Crippen molar-refractivity contribution >= 4 is 27.0 Å². The molecule has 0 saturated heterocycles. The van der Waals surface area contributed by atoms with Crippen molar-refractivity contribution < 1.29 is 8.85 Å². The molecule has 2 rings (SSSR count). The zero-order chi connectivity index (χ0) is 26.1. The van der Waals surface area contributed by atoms with E-state index in [1.165, 1.54) is 10.4 Å². The molecule has 0 aromatic heterocycles. The van der Waals surface area contributed by atoms with Gasteiger partial charge in [0.2, 0.25) is 0 Å². The molecule has 1 unspecified atom stereocenters. The quantitative estimate of drug-likeness (QED) is 0.218. The number of nitrogens with zero attached hydrogens (tertiary/aromatic N) is 1. The third-order valence-corrected chi connectivity index (χ3v) is 17.4. The van der Waals surface area contributed by atoms with E-state index in [9.17, 15) is 5.26 Å². The molecular formula is C30H45NO2Si2. The Morgan fingerprint density at radius 2 is 1.37 bits per heavy atom. The summed E-state index contributed by atoms with van der Waals surface area (Å²) in [4.78, 5) is 0. The molecule has 3 atom stereocenters. The molecule has 0 bridgehead atoms. The second-order valence-electron chi connectivity index (χ2n) is 10.6. The monoisotopic (exact) mass is 507 g/mol. The van der Waals surface area contributed by atoms with E-state index in [0.717, 1.165) is 18.1 Å². The Hall–Kier alpha value is -1.98. The molecule has 0 aliphatic carbocycles. The summed E-state index contributed by atoms with van der Waals surface area (Å²) in [5.41, 5.74) is 0. The smallest absolute Gasteiger partial charge is 0.261 e. The lowest BCUT2D eigenvalue weighted by Gasteiger charge is -2.45. The summed E-state index contributed by atoms with van der Waals surface area (Å²) >= 11 is 0. The number of nitriles is 1. The van der Waals surface area contributed by atoms with Gasteiger partial charge in [0.05, 0.1) is 24.7 Å². The van der Waals surface area contributed by atoms with Gasteiger partial charge in [-0.3, -0.25) is 0 Å². The Bertz CT molecular complexity index is 898. The minimum Gasteiger partial charge on any atom is -0.411 e. The van der Waals surface area contributed by atoms with Gasteiger partial charge in [-0.05, 0) is 40.5 Å². The average Bonchev–Trinajstić information content (AvgIpc) is 2.88. The minimum absolute atomic E-state index is 0.0882. The molecule has 3 nitrogen and oxygen atoms in total. The second-order valence-corrected chi connectivity index (χ2v) is 19.6. The van der Waals surface area contributed by atoms with Crippen LogP contribution in [0.1, 0.15) is 48.5 Å². The van der Waals surface area contributed by atoms with Crippen LogP contribution >= 0.6 is 0 Å². The normalized spacial score (nSPS) is 15.1. The molecule has 35 heavy (non-hydrogen) atoms. The van der Waals surface area contributed by atoms with E-state index in [-0.39, 0.29) is 23.0 Å². The minimum atomic E-state index is -2.70. The Labute approximate surface area is 216 Å². The molecule has 2 aromatic carbocycles. The summed E-state index contributed by atoms with van der Waals surface area (Å²) in [6.45, 7) is 20.1. The van der Waals surface area contributed by atoms with Gasteiger partial charge in [0.1, 0.15) is 0 Å². The Balaban J connectivity index is 2.63. The summed E-state index contributed by atoms with van der Waals surface area (Å²) in [6, 6.07) is 27.0. The van der Waals surface area contributed by atoms with Crippen molar-refractivity contribution in [2.75, 3.05) is 6.61 Å². The van der Waals surface area contributed by atoms with Crippen LogP contribution in [0.15, 0.2) is 73.3 Å². The molecule has 0 fully saturated rings. The van der Waals surface area contributed by atoms with Crippen LogP contribution in [-0.2, 0) is 8.85 Å². The van der Waals surface area contributed by atoms with Crippen LogP contribution in [0.3, 0.4) is 0 Å². The summed E-state index contributed by atoms with van der Waals surface area (Å²) in [7, 11) is -4.64. The Morgan fingerprint density at radius 3 is 1.71 bits per heavy atom. The summed E-state index contributed by atoms with van der Waals surface area (Å²) in [5, 5.41) is 12.2. The third-order valence-electron chi connectivity index (χ3n) is 7.70. The van der Waals surface area contributed by atoms with Crippen molar-refractivity contribution in [3.8, 4) is 6.07 Å². The van der Waals surface area contributed by atoms with Crippen LogP contribution in [0.4, 0.5) is 0 Å². The van der Waals surface area contributed by atoms with Crippen molar-refractivity contribution in [3.05, 3.63) is 73.3 Å². The van der Waals surface area contributed by atoms with E-state index in [1.54, 1.807) is 0 Å². The lowest BCUT2D eigenvalue weighted by atomic mass is 9.90. The van der Waals surface area contributed by atoms with E-state index in [4.69, 9.17) is 8.85 Å². The maximum atomic E-state index is 9.79. The fourth-order valence-corrected chi connectivity index (χ4v) is 12.7. The van der Waals surface area contributed by atoms with Crippen LogP contribution in [0.25, 0.3) is 0 Å². The molecule has 0 amide bonds. The maximum Gasteiger partial charge on any atom is 0.261 e. The highest BCUT2D eigenvalue weighted by molar-refractivity contribution is 6.99. The van der Waals surface area contributed by atoms with Gasteiger partial charge >= 0.3 is 0 Å². The second kappa shape index (κ2) is 12.8. The molecule has 0 radical (unpaired) electrons. The van der Waals surface area contributed by atoms with E-state index in [0.29, 0.717) is 6.61 Å². The zero-order valence-electron chi connectivity index (χ0n) is 22.9. The van der Waals surface area contributed by atoms with Crippen LogP contribution in [-0.4, -0.2) is 29.3 Å². The van der Waals surface area contributed by atoms with Gasteiger partial charge in [-0.1, -0.05) is 108 Å². The van der Waals surface area contributed by atoms with E-state index in [2.05, 4.69) is 115 Å². The fourth-order valence-electron chi connectivity index (χ4n) is 5.28. The van der Waals surface area contributed by atoms with Gasteiger partial charge in [0, 0.05) is 5.92 Å². The predicted octanol–water partition coefficient (Wildman–Crippen LogP) is 6.92. The SMILES string of the molecule is C=C[C@@H](C(C)C#N)[C@H](CO[Si](c1ccccc1)(c1ccccc1)C(C)(C)C)O[Si](CC)(CC)CC. The van der Waals surface area contributed by atoms with Gasteiger partial charge in [-0.25, -0.2) is 0 Å². The highest BCUT2D eigenvalue weighted by Crippen LogP contribution is 2.38. The highest BCUT2D eigenvalue weighted by atomic mass is 28.4. The van der Waals surface area contributed by atoms with Gasteiger partial charge in [-0.2, -0.15) is 5.26 Å². The highest BCUT2D eigenvalue weighted by Gasteiger charge is 2.51. The van der Waals surface area contributed by atoms with E-state index >= 15 is 0 Å². The van der Waals surface area contributed by atoms with Crippen molar-refractivity contribution in [1.82, 2.24) is 0 Å².